The first-order valence-corrected chi connectivity index (χ1v) is 9.33. The Kier molecular flexibility index (Phi) is 7.08. The Labute approximate surface area is 137 Å². The van der Waals surface area contributed by atoms with E-state index < -0.39 is 0 Å². The van der Waals surface area contributed by atoms with Crippen LogP contribution in [0.25, 0.3) is 0 Å². The molecule has 22 heavy (non-hydrogen) atoms. The number of benzene rings is 1. The minimum absolute atomic E-state index is 0.864. The van der Waals surface area contributed by atoms with Crippen molar-refractivity contribution in [3.8, 4) is 0 Å². The van der Waals surface area contributed by atoms with Crippen molar-refractivity contribution in [1.29, 1.82) is 0 Å². The Morgan fingerprint density at radius 3 is 1.86 bits per heavy atom. The number of rotatable bonds is 7. The van der Waals surface area contributed by atoms with Crippen LogP contribution in [-0.4, -0.2) is 13.1 Å². The molecule has 1 heterocycles. The van der Waals surface area contributed by atoms with E-state index in [-0.39, 0.29) is 0 Å². The summed E-state index contributed by atoms with van der Waals surface area (Å²) in [5, 5.41) is 0. The van der Waals surface area contributed by atoms with Crippen molar-refractivity contribution in [1.82, 2.24) is 0 Å². The lowest BCUT2D eigenvalue weighted by Crippen LogP contribution is -2.31. The molecule has 1 saturated heterocycles. The molecule has 2 atom stereocenters. The SMILES string of the molecule is CCCCC1CCC(CCCC)CN(c2ccc(N)cc2)C1. The number of hydrogen-bond acceptors (Lipinski definition) is 2. The van der Waals surface area contributed by atoms with Crippen LogP contribution in [0.3, 0.4) is 0 Å². The average Bonchev–Trinajstić information content (AvgIpc) is 2.74. The van der Waals surface area contributed by atoms with Crippen LogP contribution in [0.2, 0.25) is 0 Å². The molecule has 2 rings (SSSR count). The van der Waals surface area contributed by atoms with Gasteiger partial charge in [0.25, 0.3) is 0 Å². The minimum Gasteiger partial charge on any atom is -0.399 e. The van der Waals surface area contributed by atoms with E-state index in [9.17, 15) is 0 Å². The largest absolute Gasteiger partial charge is 0.399 e. The molecule has 0 bridgehead atoms. The van der Waals surface area contributed by atoms with Crippen molar-refractivity contribution in [3.05, 3.63) is 24.3 Å². The summed E-state index contributed by atoms with van der Waals surface area (Å²) in [6.45, 7) is 7.07. The van der Waals surface area contributed by atoms with E-state index in [0.717, 1.165) is 17.5 Å². The molecule has 0 spiro atoms. The molecule has 0 amide bonds. The molecule has 2 nitrogen and oxygen atoms in total. The summed E-state index contributed by atoms with van der Waals surface area (Å²) in [7, 11) is 0. The Morgan fingerprint density at radius 2 is 1.41 bits per heavy atom. The highest BCUT2D eigenvalue weighted by Gasteiger charge is 2.23. The highest BCUT2D eigenvalue weighted by atomic mass is 15.1. The molecule has 2 unspecified atom stereocenters. The molecule has 1 fully saturated rings. The molecule has 1 aliphatic heterocycles. The zero-order valence-electron chi connectivity index (χ0n) is 14.6. The highest BCUT2D eigenvalue weighted by molar-refractivity contribution is 5.53. The fourth-order valence-corrected chi connectivity index (χ4v) is 3.70. The maximum Gasteiger partial charge on any atom is 0.0367 e. The van der Waals surface area contributed by atoms with Crippen LogP contribution in [0.4, 0.5) is 11.4 Å². The predicted octanol–water partition coefficient (Wildman–Crippen LogP) is 5.48. The predicted molar refractivity (Wildman–Crippen MR) is 98.3 cm³/mol. The lowest BCUT2D eigenvalue weighted by Gasteiger charge is -2.28. The third-order valence-corrected chi connectivity index (χ3v) is 5.13. The van der Waals surface area contributed by atoms with Crippen molar-refractivity contribution in [3.63, 3.8) is 0 Å². The lowest BCUT2D eigenvalue weighted by atomic mass is 9.92. The topological polar surface area (TPSA) is 29.3 Å². The van der Waals surface area contributed by atoms with Crippen molar-refractivity contribution in [2.45, 2.75) is 65.2 Å². The van der Waals surface area contributed by atoms with Crippen LogP contribution in [0.1, 0.15) is 65.2 Å². The van der Waals surface area contributed by atoms with Crippen LogP contribution in [0.5, 0.6) is 0 Å². The van der Waals surface area contributed by atoms with Gasteiger partial charge in [-0.1, -0.05) is 39.5 Å². The van der Waals surface area contributed by atoms with Crippen LogP contribution < -0.4 is 10.6 Å². The molecule has 0 radical (unpaired) electrons. The maximum atomic E-state index is 5.85. The summed E-state index contributed by atoms with van der Waals surface area (Å²) < 4.78 is 0. The number of anilines is 2. The number of hydrogen-bond donors (Lipinski definition) is 1. The Bertz CT molecular complexity index is 394. The van der Waals surface area contributed by atoms with Gasteiger partial charge in [0.05, 0.1) is 0 Å². The van der Waals surface area contributed by atoms with Crippen molar-refractivity contribution < 1.29 is 0 Å². The number of nitrogens with zero attached hydrogens (tertiary/aromatic N) is 1. The second kappa shape index (κ2) is 9.07. The first kappa shape index (κ1) is 17.2. The third-order valence-electron chi connectivity index (χ3n) is 5.13. The Hall–Kier alpha value is -1.18. The lowest BCUT2D eigenvalue weighted by molar-refractivity contribution is 0.402. The zero-order chi connectivity index (χ0) is 15.8. The second-order valence-corrected chi connectivity index (χ2v) is 7.09. The molecule has 124 valence electrons. The van der Waals surface area contributed by atoms with Gasteiger partial charge in [0.2, 0.25) is 0 Å². The quantitative estimate of drug-likeness (QED) is 0.676. The van der Waals surface area contributed by atoms with Gasteiger partial charge in [-0.05, 0) is 61.8 Å². The monoisotopic (exact) mass is 302 g/mol. The minimum atomic E-state index is 0.864. The summed E-state index contributed by atoms with van der Waals surface area (Å²) in [5.74, 6) is 1.73. The van der Waals surface area contributed by atoms with Crippen LogP contribution in [0, 0.1) is 11.8 Å². The molecule has 2 N–H and O–H groups in total. The maximum absolute atomic E-state index is 5.85. The van der Waals surface area contributed by atoms with E-state index in [1.165, 1.54) is 70.1 Å². The molecule has 0 saturated carbocycles. The molecule has 1 aliphatic rings. The Morgan fingerprint density at radius 1 is 0.909 bits per heavy atom. The van der Waals surface area contributed by atoms with Gasteiger partial charge in [0.1, 0.15) is 0 Å². The standard InChI is InChI=1S/C20H34N2/c1-3-5-7-17-9-10-18(8-6-4-2)16-22(15-17)20-13-11-19(21)12-14-20/h11-14,17-18H,3-10,15-16,21H2,1-2H3. The zero-order valence-corrected chi connectivity index (χ0v) is 14.6. The second-order valence-electron chi connectivity index (χ2n) is 7.09. The number of nitrogen functional groups attached to an aromatic ring is 1. The van der Waals surface area contributed by atoms with E-state index in [2.05, 4.69) is 30.9 Å². The molecular weight excluding hydrogens is 268 g/mol. The van der Waals surface area contributed by atoms with Gasteiger partial charge in [-0.25, -0.2) is 0 Å². The van der Waals surface area contributed by atoms with Crippen LogP contribution in [0.15, 0.2) is 24.3 Å². The summed E-state index contributed by atoms with van der Waals surface area (Å²) in [4.78, 5) is 2.63. The summed E-state index contributed by atoms with van der Waals surface area (Å²) in [5.41, 5.74) is 8.08. The Balaban J connectivity index is 2.06. The highest BCUT2D eigenvalue weighted by Crippen LogP contribution is 2.30. The molecular formula is C20H34N2. The van der Waals surface area contributed by atoms with Crippen molar-refractivity contribution in [2.24, 2.45) is 11.8 Å². The molecule has 0 aliphatic carbocycles. The number of nitrogens with two attached hydrogens (primary N) is 1. The van der Waals surface area contributed by atoms with Crippen LogP contribution >= 0.6 is 0 Å². The van der Waals surface area contributed by atoms with Crippen molar-refractivity contribution in [2.75, 3.05) is 23.7 Å². The summed E-state index contributed by atoms with van der Waals surface area (Å²) >= 11 is 0. The summed E-state index contributed by atoms with van der Waals surface area (Å²) in [6, 6.07) is 8.49. The van der Waals surface area contributed by atoms with Crippen LogP contribution in [-0.2, 0) is 0 Å². The first-order chi connectivity index (χ1) is 10.7. The smallest absolute Gasteiger partial charge is 0.0367 e. The van der Waals surface area contributed by atoms with Gasteiger partial charge in [0.15, 0.2) is 0 Å². The molecule has 0 aromatic heterocycles. The molecule has 2 heteroatoms. The normalized spacial score (nSPS) is 22.5. The van der Waals surface area contributed by atoms with E-state index in [0.29, 0.717) is 0 Å². The van der Waals surface area contributed by atoms with Gasteiger partial charge in [0, 0.05) is 24.5 Å². The summed E-state index contributed by atoms with van der Waals surface area (Å²) in [6.07, 6.45) is 11.0. The van der Waals surface area contributed by atoms with Gasteiger partial charge >= 0.3 is 0 Å². The van der Waals surface area contributed by atoms with E-state index in [1.807, 2.05) is 12.1 Å². The van der Waals surface area contributed by atoms with Gasteiger partial charge in [-0.15, -0.1) is 0 Å². The first-order valence-electron chi connectivity index (χ1n) is 9.33. The van der Waals surface area contributed by atoms with Gasteiger partial charge in [-0.3, -0.25) is 0 Å². The molecule has 1 aromatic carbocycles. The van der Waals surface area contributed by atoms with E-state index in [4.69, 9.17) is 5.73 Å². The van der Waals surface area contributed by atoms with E-state index >= 15 is 0 Å². The average molecular weight is 303 g/mol. The fourth-order valence-electron chi connectivity index (χ4n) is 3.70. The fraction of sp³-hybridized carbons (Fsp3) is 0.700. The van der Waals surface area contributed by atoms with Gasteiger partial charge < -0.3 is 10.6 Å². The number of unbranched alkanes of at least 4 members (excludes halogenated alkanes) is 2. The third kappa shape index (κ3) is 5.23. The van der Waals surface area contributed by atoms with Crippen molar-refractivity contribution >= 4 is 11.4 Å². The molecule has 1 aromatic rings. The van der Waals surface area contributed by atoms with E-state index in [1.54, 1.807) is 0 Å². The van der Waals surface area contributed by atoms with Gasteiger partial charge in [-0.2, -0.15) is 0 Å².